The number of aryl methyl sites for hydroxylation is 2. The molecule has 1 radical (unpaired) electrons. The molecule has 0 heterocycles. The van der Waals surface area contributed by atoms with E-state index < -0.39 is 67.8 Å². The Morgan fingerprint density at radius 1 is 0.500 bits per heavy atom. The molecule has 0 amide bonds. The molecular formula is C40H33Cl2F12SiZr. The van der Waals surface area contributed by atoms with Crippen LogP contribution in [0, 0.1) is 0 Å². The van der Waals surface area contributed by atoms with Crippen LogP contribution in [0.3, 0.4) is 0 Å². The van der Waals surface area contributed by atoms with Crippen molar-refractivity contribution >= 4 is 48.1 Å². The summed E-state index contributed by atoms with van der Waals surface area (Å²) in [5.74, 6) is 0. The van der Waals surface area contributed by atoms with Gasteiger partial charge >= 0.3 is 62.6 Å². The van der Waals surface area contributed by atoms with E-state index in [1.54, 1.807) is 36.4 Å². The molecule has 0 bridgehead atoms. The molecule has 0 nitrogen and oxygen atoms in total. The van der Waals surface area contributed by atoms with Gasteiger partial charge in [0.05, 0.1) is 22.3 Å². The van der Waals surface area contributed by atoms with Gasteiger partial charge in [-0.1, -0.05) is 50.2 Å². The second kappa shape index (κ2) is 19.6. The maximum absolute atomic E-state index is 13.1. The average Bonchev–Trinajstić information content (AvgIpc) is 3.75. The van der Waals surface area contributed by atoms with Crippen LogP contribution in [0.15, 0.2) is 97.1 Å². The van der Waals surface area contributed by atoms with Crippen LogP contribution in [0.4, 0.5) is 52.7 Å². The molecule has 0 saturated heterocycles. The third-order valence-electron chi connectivity index (χ3n) is 8.23. The summed E-state index contributed by atoms with van der Waals surface area (Å²) in [5.41, 5.74) is -2.76. The normalized spacial score (nSPS) is 11.9. The van der Waals surface area contributed by atoms with E-state index in [-0.39, 0.29) is 23.3 Å². The van der Waals surface area contributed by atoms with Gasteiger partial charge in [0, 0.05) is 9.52 Å². The van der Waals surface area contributed by atoms with E-state index >= 15 is 0 Å². The number of halogens is 14. The van der Waals surface area contributed by atoms with Crippen molar-refractivity contribution in [3.63, 3.8) is 0 Å². The van der Waals surface area contributed by atoms with E-state index in [1.807, 2.05) is 26.0 Å². The van der Waals surface area contributed by atoms with Crippen LogP contribution in [-0.4, -0.2) is 9.52 Å². The molecule has 6 rings (SSSR count). The topological polar surface area (TPSA) is 0 Å². The molecule has 0 spiro atoms. The van der Waals surface area contributed by atoms with Gasteiger partial charge in [0.25, 0.3) is 0 Å². The first-order valence-corrected chi connectivity index (χ1v) is 25.3. The standard InChI is InChI=1S/2C19H13F6.C2H7Si.2ClH.Zr/c2*1-2-11-6-12-4-3-5-16(17(12)7-11)13-8-14(18(20,21)22)10-15(9-13)19(23,24)25;1-3-2;;;/h2*3-10H,2H2,1H3;3H,1-2H3;2*1H;/q2*-1;;;;+4/p-2. The van der Waals surface area contributed by atoms with Gasteiger partial charge in [0.15, 0.2) is 0 Å². The van der Waals surface area contributed by atoms with Gasteiger partial charge in [0.2, 0.25) is 0 Å². The summed E-state index contributed by atoms with van der Waals surface area (Å²) in [6.45, 7) is 8.28. The van der Waals surface area contributed by atoms with Crippen LogP contribution in [0.2, 0.25) is 13.1 Å². The minimum atomic E-state index is -4.86. The van der Waals surface area contributed by atoms with Crippen LogP contribution >= 0.6 is 17.0 Å². The van der Waals surface area contributed by atoms with Gasteiger partial charge in [-0.3, -0.25) is 0 Å². The molecule has 0 aliphatic rings. The van der Waals surface area contributed by atoms with Gasteiger partial charge < -0.3 is 0 Å². The second-order valence-electron chi connectivity index (χ2n) is 12.3. The van der Waals surface area contributed by atoms with E-state index in [0.717, 1.165) is 68.5 Å². The van der Waals surface area contributed by atoms with E-state index in [9.17, 15) is 52.7 Å². The first-order valence-electron chi connectivity index (χ1n) is 16.7. The fraction of sp³-hybridized carbons (Fsp3) is 0.250. The Bertz CT molecular complexity index is 1970. The minimum absolute atomic E-state index is 0.0963. The van der Waals surface area contributed by atoms with Crippen molar-refractivity contribution in [3.05, 3.63) is 130 Å². The molecule has 0 N–H and O–H groups in total. The second-order valence-corrected chi connectivity index (χ2v) is 17.2. The van der Waals surface area contributed by atoms with Crippen molar-refractivity contribution in [2.24, 2.45) is 0 Å². The fourth-order valence-electron chi connectivity index (χ4n) is 5.73. The van der Waals surface area contributed by atoms with E-state index in [1.165, 1.54) is 12.1 Å². The summed E-state index contributed by atoms with van der Waals surface area (Å²) in [5, 5.41) is 2.87. The first kappa shape index (κ1) is 47.3. The summed E-state index contributed by atoms with van der Waals surface area (Å²) in [4.78, 5) is 0. The number of hydrogen-bond acceptors (Lipinski definition) is 0. The zero-order chi connectivity index (χ0) is 42.2. The SMILES string of the molecule is CCc1cc2c(-c3cc(C(F)(F)F)cc(C(F)(F)F)c3)cccc2[cH-]1.CCc1cc2c(-c3cc(C(F)(F)F)cc(C(F)(F)F)c3)cccc2[cH-]1.C[SiH]C.[Cl][Zr+2][Cl]. The molecule has 0 fully saturated rings. The molecular weight excluding hydrogens is 899 g/mol. The number of hydrogen-bond donors (Lipinski definition) is 0. The number of alkyl halides is 12. The number of fused-ring (bicyclic) bond motifs is 2. The molecule has 299 valence electrons. The molecule has 0 atom stereocenters. The van der Waals surface area contributed by atoms with Gasteiger partial charge in [-0.2, -0.15) is 64.8 Å². The molecule has 0 aromatic heterocycles. The summed E-state index contributed by atoms with van der Waals surface area (Å²) in [6, 6.07) is 20.6. The third kappa shape index (κ3) is 12.5. The van der Waals surface area contributed by atoms with Crippen molar-refractivity contribution in [1.82, 2.24) is 0 Å². The van der Waals surface area contributed by atoms with Crippen LogP contribution in [-0.2, 0) is 58.4 Å². The number of rotatable bonds is 4. The van der Waals surface area contributed by atoms with Gasteiger partial charge in [-0.05, 0) is 60.4 Å². The quantitative estimate of drug-likeness (QED) is 0.0939. The molecule has 16 heteroatoms. The van der Waals surface area contributed by atoms with Crippen molar-refractivity contribution < 1.29 is 73.5 Å². The summed E-state index contributed by atoms with van der Waals surface area (Å²) in [7, 11) is 10.6. The molecule has 0 saturated carbocycles. The predicted molar refractivity (Wildman–Crippen MR) is 199 cm³/mol. The van der Waals surface area contributed by atoms with E-state index in [2.05, 4.69) is 13.1 Å². The fourth-order valence-corrected chi connectivity index (χ4v) is 5.73. The van der Waals surface area contributed by atoms with Crippen molar-refractivity contribution in [2.45, 2.75) is 64.5 Å². The molecule has 56 heavy (non-hydrogen) atoms. The molecule has 0 unspecified atom stereocenters. The average molecular weight is 932 g/mol. The molecule has 0 aliphatic heterocycles. The Morgan fingerprint density at radius 2 is 0.768 bits per heavy atom. The van der Waals surface area contributed by atoms with Crippen LogP contribution in [0.25, 0.3) is 43.8 Å². The Kier molecular flexibility index (Phi) is 16.6. The Labute approximate surface area is 337 Å². The number of benzene rings is 4. The Morgan fingerprint density at radius 3 is 1.00 bits per heavy atom. The molecule has 0 aliphatic carbocycles. The summed E-state index contributed by atoms with van der Waals surface area (Å²) >= 11 is -0.826. The zero-order valence-corrected chi connectivity index (χ0v) is 35.1. The predicted octanol–water partition coefficient (Wildman–Crippen LogP) is 15.5. The summed E-state index contributed by atoms with van der Waals surface area (Å²) < 4.78 is 157. The molecule has 6 aromatic carbocycles. The van der Waals surface area contributed by atoms with Gasteiger partial charge in [0.1, 0.15) is 0 Å². The zero-order valence-electron chi connectivity index (χ0n) is 30.0. The van der Waals surface area contributed by atoms with Crippen molar-refractivity contribution in [1.29, 1.82) is 0 Å². The van der Waals surface area contributed by atoms with E-state index in [4.69, 9.17) is 17.0 Å². The monoisotopic (exact) mass is 929 g/mol. The summed E-state index contributed by atoms with van der Waals surface area (Å²) in [6.07, 6.45) is -18.0. The van der Waals surface area contributed by atoms with Crippen LogP contribution in [0.5, 0.6) is 0 Å². The maximum atomic E-state index is 13.1. The van der Waals surface area contributed by atoms with Crippen LogP contribution in [0.1, 0.15) is 47.2 Å². The Hall–Kier alpha value is -3.06. The van der Waals surface area contributed by atoms with Crippen molar-refractivity contribution in [3.8, 4) is 22.3 Å². The van der Waals surface area contributed by atoms with E-state index in [0.29, 0.717) is 21.9 Å². The van der Waals surface area contributed by atoms with Gasteiger partial charge in [-0.15, -0.1) is 69.1 Å². The third-order valence-corrected chi connectivity index (χ3v) is 8.23. The van der Waals surface area contributed by atoms with Gasteiger partial charge in [-0.25, -0.2) is 0 Å². The van der Waals surface area contributed by atoms with Crippen molar-refractivity contribution in [2.75, 3.05) is 0 Å². The first-order chi connectivity index (χ1) is 26.0. The Balaban J connectivity index is 0.000000264. The van der Waals surface area contributed by atoms with Crippen LogP contribution < -0.4 is 0 Å². The molecule has 6 aromatic rings.